The van der Waals surface area contributed by atoms with Gasteiger partial charge in [0.15, 0.2) is 5.16 Å². The average Bonchev–Trinajstić information content (AvgIpc) is 2.84. The molecule has 1 unspecified atom stereocenters. The van der Waals surface area contributed by atoms with Crippen molar-refractivity contribution in [3.05, 3.63) is 5.82 Å². The lowest BCUT2D eigenvalue weighted by molar-refractivity contribution is -0.134. The molecular weight excluding hydrogens is 278 g/mol. The predicted octanol–water partition coefficient (Wildman–Crippen LogP) is -0.197. The molecule has 0 aromatic carbocycles. The van der Waals surface area contributed by atoms with Crippen LogP contribution in [-0.4, -0.2) is 58.8 Å². The average molecular weight is 299 g/mol. The maximum Gasteiger partial charge on any atom is 0.250 e. The van der Waals surface area contributed by atoms with Crippen molar-refractivity contribution < 1.29 is 9.53 Å². The highest BCUT2D eigenvalue weighted by Gasteiger charge is 2.21. The Morgan fingerprint density at radius 1 is 1.60 bits per heavy atom. The first kappa shape index (κ1) is 15.3. The van der Waals surface area contributed by atoms with E-state index in [9.17, 15) is 4.79 Å². The summed E-state index contributed by atoms with van der Waals surface area (Å²) in [5, 5.41) is 15.1. The summed E-state index contributed by atoms with van der Waals surface area (Å²) in [6.45, 7) is 7.44. The number of ether oxygens (including phenoxy) is 1. The number of rotatable bonds is 6. The van der Waals surface area contributed by atoms with Gasteiger partial charge >= 0.3 is 0 Å². The molecule has 20 heavy (non-hydrogen) atoms. The number of hydrogen-bond donors (Lipinski definition) is 2. The molecule has 1 aliphatic heterocycles. The highest BCUT2D eigenvalue weighted by molar-refractivity contribution is 7.99. The fraction of sp³-hybridized carbons (Fsp3) is 0.750. The number of nitrogens with zero attached hydrogens (tertiary/aromatic N) is 3. The van der Waals surface area contributed by atoms with E-state index in [-0.39, 0.29) is 12.0 Å². The van der Waals surface area contributed by atoms with Crippen molar-refractivity contribution in [2.45, 2.75) is 31.7 Å². The van der Waals surface area contributed by atoms with Gasteiger partial charge in [0, 0.05) is 31.9 Å². The molecule has 1 atom stereocenters. The molecule has 2 heterocycles. The first-order valence-corrected chi connectivity index (χ1v) is 7.83. The van der Waals surface area contributed by atoms with Crippen LogP contribution >= 0.6 is 11.8 Å². The van der Waals surface area contributed by atoms with Crippen molar-refractivity contribution in [3.8, 4) is 0 Å². The van der Waals surface area contributed by atoms with Crippen LogP contribution in [0.15, 0.2) is 5.16 Å². The summed E-state index contributed by atoms with van der Waals surface area (Å²) in [7, 11) is 0. The standard InChI is InChI=1S/C12H21N5O2S/c1-3-17-9(2)15-16-12(17)20-7-5-14-11(18)10-8-13-4-6-19-10/h10,13H,3-8H2,1-2H3,(H,14,18). The van der Waals surface area contributed by atoms with E-state index in [2.05, 4.69) is 32.3 Å². The molecule has 2 N–H and O–H groups in total. The van der Waals surface area contributed by atoms with Gasteiger partial charge in [0.2, 0.25) is 5.91 Å². The fourth-order valence-electron chi connectivity index (χ4n) is 2.00. The van der Waals surface area contributed by atoms with Crippen LogP contribution in [0.5, 0.6) is 0 Å². The molecule has 1 saturated heterocycles. The van der Waals surface area contributed by atoms with Crippen molar-refractivity contribution in [1.29, 1.82) is 0 Å². The molecular formula is C12H21N5O2S. The van der Waals surface area contributed by atoms with Crippen LogP contribution < -0.4 is 10.6 Å². The number of aryl methyl sites for hydroxylation is 1. The van der Waals surface area contributed by atoms with E-state index in [1.165, 1.54) is 0 Å². The largest absolute Gasteiger partial charge is 0.366 e. The van der Waals surface area contributed by atoms with Crippen LogP contribution in [0.4, 0.5) is 0 Å². The van der Waals surface area contributed by atoms with Gasteiger partial charge in [-0.1, -0.05) is 11.8 Å². The SMILES string of the molecule is CCn1c(C)nnc1SCCNC(=O)C1CNCCO1. The maximum absolute atomic E-state index is 11.8. The summed E-state index contributed by atoms with van der Waals surface area (Å²) in [4.78, 5) is 11.8. The highest BCUT2D eigenvalue weighted by Crippen LogP contribution is 2.15. The van der Waals surface area contributed by atoms with Crippen LogP contribution in [0.25, 0.3) is 0 Å². The monoisotopic (exact) mass is 299 g/mol. The smallest absolute Gasteiger partial charge is 0.250 e. The first-order chi connectivity index (χ1) is 9.72. The Morgan fingerprint density at radius 2 is 2.45 bits per heavy atom. The number of hydrogen-bond acceptors (Lipinski definition) is 6. The van der Waals surface area contributed by atoms with E-state index in [1.807, 2.05) is 6.92 Å². The van der Waals surface area contributed by atoms with Crippen LogP contribution in [0.3, 0.4) is 0 Å². The second-order valence-electron chi connectivity index (χ2n) is 4.48. The molecule has 112 valence electrons. The molecule has 8 heteroatoms. The number of carbonyl (C=O) groups is 1. The van der Waals surface area contributed by atoms with Crippen molar-refractivity contribution in [1.82, 2.24) is 25.4 Å². The zero-order valence-corrected chi connectivity index (χ0v) is 12.7. The molecule has 2 rings (SSSR count). The second kappa shape index (κ2) is 7.61. The van der Waals surface area contributed by atoms with E-state index in [0.29, 0.717) is 19.7 Å². The lowest BCUT2D eigenvalue weighted by Gasteiger charge is -2.22. The number of aromatic nitrogens is 3. The van der Waals surface area contributed by atoms with Gasteiger partial charge in [-0.2, -0.15) is 0 Å². The molecule has 0 saturated carbocycles. The summed E-state index contributed by atoms with van der Waals surface area (Å²) in [5.41, 5.74) is 0. The topological polar surface area (TPSA) is 81.1 Å². The number of amides is 1. The minimum absolute atomic E-state index is 0.0501. The summed E-state index contributed by atoms with van der Waals surface area (Å²) in [6.07, 6.45) is -0.365. The van der Waals surface area contributed by atoms with Crippen molar-refractivity contribution in [2.24, 2.45) is 0 Å². The Bertz CT molecular complexity index is 445. The molecule has 1 amide bonds. The molecule has 0 bridgehead atoms. The number of morpholine rings is 1. The van der Waals surface area contributed by atoms with Crippen LogP contribution in [0, 0.1) is 6.92 Å². The summed E-state index contributed by atoms with van der Waals surface area (Å²) in [5.74, 6) is 1.64. The molecule has 0 radical (unpaired) electrons. The van der Waals surface area contributed by atoms with Gasteiger partial charge in [-0.05, 0) is 13.8 Å². The Labute approximate surface area is 122 Å². The third-order valence-electron chi connectivity index (χ3n) is 3.07. The number of thioether (sulfide) groups is 1. The Morgan fingerprint density at radius 3 is 3.15 bits per heavy atom. The maximum atomic E-state index is 11.8. The second-order valence-corrected chi connectivity index (χ2v) is 5.54. The summed E-state index contributed by atoms with van der Waals surface area (Å²) in [6, 6.07) is 0. The normalized spacial score (nSPS) is 19.0. The molecule has 0 spiro atoms. The van der Waals surface area contributed by atoms with Gasteiger partial charge in [0.25, 0.3) is 0 Å². The predicted molar refractivity (Wildman–Crippen MR) is 76.8 cm³/mol. The van der Waals surface area contributed by atoms with E-state index in [0.717, 1.165) is 29.8 Å². The number of carbonyl (C=O) groups excluding carboxylic acids is 1. The van der Waals surface area contributed by atoms with E-state index in [1.54, 1.807) is 11.8 Å². The molecule has 7 nitrogen and oxygen atoms in total. The lowest BCUT2D eigenvalue weighted by atomic mass is 10.3. The minimum Gasteiger partial charge on any atom is -0.366 e. The van der Waals surface area contributed by atoms with Gasteiger partial charge in [-0.3, -0.25) is 4.79 Å². The minimum atomic E-state index is -0.365. The zero-order valence-electron chi connectivity index (χ0n) is 11.9. The van der Waals surface area contributed by atoms with E-state index < -0.39 is 0 Å². The molecule has 0 aliphatic carbocycles. The van der Waals surface area contributed by atoms with Crippen molar-refractivity contribution in [3.63, 3.8) is 0 Å². The van der Waals surface area contributed by atoms with Gasteiger partial charge in [0.05, 0.1) is 6.61 Å². The molecule has 1 aliphatic rings. The fourth-order valence-corrected chi connectivity index (χ4v) is 2.90. The van der Waals surface area contributed by atoms with Crippen LogP contribution in [0.2, 0.25) is 0 Å². The Hall–Kier alpha value is -1.12. The van der Waals surface area contributed by atoms with E-state index >= 15 is 0 Å². The molecule has 1 fully saturated rings. The van der Waals surface area contributed by atoms with Crippen molar-refractivity contribution in [2.75, 3.05) is 32.0 Å². The lowest BCUT2D eigenvalue weighted by Crippen LogP contribution is -2.48. The Kier molecular flexibility index (Phi) is 5.81. The summed E-state index contributed by atoms with van der Waals surface area (Å²) >= 11 is 1.60. The first-order valence-electron chi connectivity index (χ1n) is 6.85. The molecule has 1 aromatic rings. The summed E-state index contributed by atoms with van der Waals surface area (Å²) < 4.78 is 7.44. The Balaban J connectivity index is 1.69. The molecule has 1 aromatic heterocycles. The van der Waals surface area contributed by atoms with Crippen LogP contribution in [0.1, 0.15) is 12.7 Å². The quantitative estimate of drug-likeness (QED) is 0.559. The van der Waals surface area contributed by atoms with Gasteiger partial charge in [-0.15, -0.1) is 10.2 Å². The van der Waals surface area contributed by atoms with Gasteiger partial charge in [0.1, 0.15) is 11.9 Å². The van der Waals surface area contributed by atoms with Gasteiger partial charge in [-0.25, -0.2) is 0 Å². The van der Waals surface area contributed by atoms with E-state index in [4.69, 9.17) is 4.74 Å². The third kappa shape index (κ3) is 3.94. The highest BCUT2D eigenvalue weighted by atomic mass is 32.2. The third-order valence-corrected chi connectivity index (χ3v) is 4.04. The zero-order chi connectivity index (χ0) is 14.4. The van der Waals surface area contributed by atoms with Crippen molar-refractivity contribution >= 4 is 17.7 Å². The number of nitrogens with one attached hydrogen (secondary N) is 2. The van der Waals surface area contributed by atoms with Gasteiger partial charge < -0.3 is 19.9 Å². The van der Waals surface area contributed by atoms with Crippen LogP contribution in [-0.2, 0) is 16.1 Å².